The number of benzene rings is 1. The minimum Gasteiger partial charge on any atom is -0.352 e. The third kappa shape index (κ3) is 6.38. The summed E-state index contributed by atoms with van der Waals surface area (Å²) in [6, 6.07) is 3.95. The maximum absolute atomic E-state index is 13.6. The highest BCUT2D eigenvalue weighted by Crippen LogP contribution is 2.10. The number of amides is 1. The molecule has 0 fully saturated rings. The summed E-state index contributed by atoms with van der Waals surface area (Å²) < 4.78 is 35.5. The fraction of sp³-hybridized carbons (Fsp3) is 0.357. The van der Waals surface area contributed by atoms with Gasteiger partial charge in [0, 0.05) is 18.4 Å². The smallest absolute Gasteiger partial charge is 0.254 e. The molecule has 5 nitrogen and oxygen atoms in total. The van der Waals surface area contributed by atoms with Crippen LogP contribution >= 0.6 is 0 Å². The van der Waals surface area contributed by atoms with E-state index in [2.05, 4.69) is 17.2 Å². The third-order valence-corrected chi connectivity index (χ3v) is 3.55. The van der Waals surface area contributed by atoms with Gasteiger partial charge in [-0.05, 0) is 24.6 Å². The fourth-order valence-corrected chi connectivity index (χ4v) is 2.23. The molecule has 0 aliphatic rings. The van der Waals surface area contributed by atoms with Crippen molar-refractivity contribution in [2.45, 2.75) is 6.42 Å². The van der Waals surface area contributed by atoms with Crippen molar-refractivity contribution in [1.29, 1.82) is 0 Å². The molecule has 7 heteroatoms. The van der Waals surface area contributed by atoms with E-state index in [0.717, 1.165) is 12.3 Å². The average Bonchev–Trinajstić information content (AvgIpc) is 2.41. The zero-order valence-corrected chi connectivity index (χ0v) is 12.5. The van der Waals surface area contributed by atoms with Crippen LogP contribution in [-0.2, 0) is 9.84 Å². The molecule has 0 atom stereocenters. The van der Waals surface area contributed by atoms with Gasteiger partial charge >= 0.3 is 0 Å². The molecule has 0 aromatic heterocycles. The number of carbonyl (C=O) groups excluding carboxylic acids is 1. The van der Waals surface area contributed by atoms with E-state index in [1.807, 2.05) is 0 Å². The average molecular weight is 312 g/mol. The molecule has 3 N–H and O–H groups in total. The quantitative estimate of drug-likeness (QED) is 0.604. The van der Waals surface area contributed by atoms with Gasteiger partial charge in [-0.15, -0.1) is 0 Å². The number of halogens is 1. The lowest BCUT2D eigenvalue weighted by Crippen LogP contribution is -2.26. The Kier molecular flexibility index (Phi) is 6.34. The molecule has 0 bridgehead atoms. The topological polar surface area (TPSA) is 89.3 Å². The van der Waals surface area contributed by atoms with Gasteiger partial charge in [0.05, 0.1) is 17.9 Å². The number of sulfone groups is 1. The van der Waals surface area contributed by atoms with Crippen molar-refractivity contribution in [3.8, 4) is 11.8 Å². The first-order valence-corrected chi connectivity index (χ1v) is 8.34. The Balaban J connectivity index is 2.69. The number of hydrogen-bond acceptors (Lipinski definition) is 4. The van der Waals surface area contributed by atoms with E-state index in [-0.39, 0.29) is 30.8 Å². The minimum absolute atomic E-state index is 0.0300. The monoisotopic (exact) mass is 312 g/mol. The van der Waals surface area contributed by atoms with Gasteiger partial charge in [-0.2, -0.15) is 0 Å². The second-order valence-corrected chi connectivity index (χ2v) is 6.70. The maximum Gasteiger partial charge on any atom is 0.254 e. The molecule has 1 rings (SSSR count). The summed E-state index contributed by atoms with van der Waals surface area (Å²) in [6.07, 6.45) is 1.40. The molecule has 114 valence electrons. The summed E-state index contributed by atoms with van der Waals surface area (Å²) in [5, 5.41) is 2.48. The summed E-state index contributed by atoms with van der Waals surface area (Å²) in [6.45, 7) is 0.328. The number of rotatable bonds is 5. The zero-order chi connectivity index (χ0) is 15.9. The molecule has 0 aliphatic heterocycles. The highest BCUT2D eigenvalue weighted by Gasteiger charge is 2.12. The molecule has 0 radical (unpaired) electrons. The number of carbonyl (C=O) groups is 1. The standard InChI is InChI=1S/C14H17FN2O3S/c1-21(19,20)9-3-8-17-14(18)12-10-11(4-2-7-16)5-6-13(12)15/h5-6,10H,3,7-9,16H2,1H3,(H,17,18). The molecular formula is C14H17FN2O3S. The van der Waals surface area contributed by atoms with Gasteiger partial charge in [0.15, 0.2) is 0 Å². The van der Waals surface area contributed by atoms with E-state index in [1.54, 1.807) is 0 Å². The van der Waals surface area contributed by atoms with Gasteiger partial charge in [-0.3, -0.25) is 4.79 Å². The van der Waals surface area contributed by atoms with Crippen molar-refractivity contribution in [2.24, 2.45) is 5.73 Å². The van der Waals surface area contributed by atoms with E-state index in [1.165, 1.54) is 12.1 Å². The summed E-state index contributed by atoms with van der Waals surface area (Å²) in [5.41, 5.74) is 5.61. The van der Waals surface area contributed by atoms with Crippen LogP contribution in [0.4, 0.5) is 4.39 Å². The van der Waals surface area contributed by atoms with Crippen molar-refractivity contribution < 1.29 is 17.6 Å². The Morgan fingerprint density at radius 2 is 2.14 bits per heavy atom. The molecule has 1 aromatic rings. The van der Waals surface area contributed by atoms with Crippen LogP contribution in [0.15, 0.2) is 18.2 Å². The number of nitrogens with two attached hydrogens (primary N) is 1. The highest BCUT2D eigenvalue weighted by atomic mass is 32.2. The first kappa shape index (κ1) is 17.1. The second kappa shape index (κ2) is 7.76. The van der Waals surface area contributed by atoms with E-state index in [9.17, 15) is 17.6 Å². The van der Waals surface area contributed by atoms with Gasteiger partial charge in [0.1, 0.15) is 15.7 Å². The van der Waals surface area contributed by atoms with E-state index < -0.39 is 21.6 Å². The summed E-state index contributed by atoms with van der Waals surface area (Å²) >= 11 is 0. The molecule has 0 unspecified atom stereocenters. The molecule has 0 saturated heterocycles. The SMILES string of the molecule is CS(=O)(=O)CCCNC(=O)c1cc(C#CCN)ccc1F. The number of hydrogen-bond donors (Lipinski definition) is 2. The van der Waals surface area contributed by atoms with Crippen LogP contribution in [0.2, 0.25) is 0 Å². The Bertz CT molecular complexity index is 675. The zero-order valence-electron chi connectivity index (χ0n) is 11.6. The third-order valence-electron chi connectivity index (χ3n) is 2.52. The minimum atomic E-state index is -3.07. The van der Waals surface area contributed by atoms with Crippen LogP contribution in [0, 0.1) is 17.7 Å². The van der Waals surface area contributed by atoms with Crippen LogP contribution < -0.4 is 11.1 Å². The van der Waals surface area contributed by atoms with E-state index in [4.69, 9.17) is 5.73 Å². The van der Waals surface area contributed by atoms with Crippen molar-refractivity contribution in [1.82, 2.24) is 5.32 Å². The van der Waals surface area contributed by atoms with E-state index >= 15 is 0 Å². The molecule has 21 heavy (non-hydrogen) atoms. The first-order valence-electron chi connectivity index (χ1n) is 6.28. The lowest BCUT2D eigenvalue weighted by atomic mass is 10.1. The van der Waals surface area contributed by atoms with Crippen LogP contribution in [-0.4, -0.2) is 39.4 Å². The molecule has 0 spiro atoms. The van der Waals surface area contributed by atoms with Gasteiger partial charge in [-0.1, -0.05) is 11.8 Å². The lowest BCUT2D eigenvalue weighted by Gasteiger charge is -2.06. The predicted molar refractivity (Wildman–Crippen MR) is 79.0 cm³/mol. The van der Waals surface area contributed by atoms with Crippen LogP contribution in [0.3, 0.4) is 0 Å². The Morgan fingerprint density at radius 3 is 2.76 bits per heavy atom. The van der Waals surface area contributed by atoms with Gasteiger partial charge in [0.25, 0.3) is 5.91 Å². The first-order chi connectivity index (χ1) is 9.83. The van der Waals surface area contributed by atoms with Crippen molar-refractivity contribution in [3.63, 3.8) is 0 Å². The second-order valence-electron chi connectivity index (χ2n) is 4.44. The lowest BCUT2D eigenvalue weighted by molar-refractivity contribution is 0.0949. The Hall–Kier alpha value is -1.91. The normalized spacial score (nSPS) is 10.6. The maximum atomic E-state index is 13.6. The predicted octanol–water partition coefficient (Wildman–Crippen LogP) is 0.300. The Morgan fingerprint density at radius 1 is 1.43 bits per heavy atom. The molecule has 0 saturated carbocycles. The van der Waals surface area contributed by atoms with Gasteiger partial charge < -0.3 is 11.1 Å². The largest absolute Gasteiger partial charge is 0.352 e. The van der Waals surface area contributed by atoms with Crippen molar-refractivity contribution in [2.75, 3.05) is 25.1 Å². The van der Waals surface area contributed by atoms with Crippen molar-refractivity contribution in [3.05, 3.63) is 35.1 Å². The summed E-state index contributed by atoms with van der Waals surface area (Å²) in [5.74, 6) is 4.04. The fourth-order valence-electron chi connectivity index (χ4n) is 1.56. The van der Waals surface area contributed by atoms with Gasteiger partial charge in [0.2, 0.25) is 0 Å². The molecule has 1 aromatic carbocycles. The van der Waals surface area contributed by atoms with Gasteiger partial charge in [-0.25, -0.2) is 12.8 Å². The Labute approximate surface area is 123 Å². The van der Waals surface area contributed by atoms with Crippen LogP contribution in [0.25, 0.3) is 0 Å². The molecule has 0 aliphatic carbocycles. The molecule has 1 amide bonds. The molecule has 0 heterocycles. The number of nitrogens with one attached hydrogen (secondary N) is 1. The summed E-state index contributed by atoms with van der Waals surface area (Å²) in [4.78, 5) is 11.8. The van der Waals surface area contributed by atoms with Crippen LogP contribution in [0.5, 0.6) is 0 Å². The summed E-state index contributed by atoms with van der Waals surface area (Å²) in [7, 11) is -3.07. The van der Waals surface area contributed by atoms with Crippen molar-refractivity contribution >= 4 is 15.7 Å². The molecular weight excluding hydrogens is 295 g/mol. The van der Waals surface area contributed by atoms with Crippen LogP contribution in [0.1, 0.15) is 22.3 Å². The highest BCUT2D eigenvalue weighted by molar-refractivity contribution is 7.90. The van der Waals surface area contributed by atoms with E-state index in [0.29, 0.717) is 5.56 Å².